The lowest BCUT2D eigenvalue weighted by molar-refractivity contribution is 0.103. The van der Waals surface area contributed by atoms with Crippen LogP contribution in [0.2, 0.25) is 0 Å². The molecule has 0 aliphatic heterocycles. The zero-order valence-electron chi connectivity index (χ0n) is 12.2. The summed E-state index contributed by atoms with van der Waals surface area (Å²) in [5.74, 6) is 1.91. The standard InChI is InChI=1S/C16H20FNO3/c1-11-3-8-16(21-11)12(2)18-9-14(19)10-20-15-6-4-13(17)5-7-15/h3-8,12,14,18-19H,9-10H2,1-2H3. The van der Waals surface area contributed by atoms with Crippen molar-refractivity contribution in [2.24, 2.45) is 0 Å². The normalized spacial score (nSPS) is 13.9. The molecular weight excluding hydrogens is 273 g/mol. The third-order valence-corrected chi connectivity index (χ3v) is 3.10. The first-order valence-corrected chi connectivity index (χ1v) is 6.91. The summed E-state index contributed by atoms with van der Waals surface area (Å²) in [4.78, 5) is 0. The third-order valence-electron chi connectivity index (χ3n) is 3.10. The van der Waals surface area contributed by atoms with Gasteiger partial charge in [0.05, 0.1) is 6.04 Å². The minimum atomic E-state index is -0.659. The van der Waals surface area contributed by atoms with Gasteiger partial charge in [0.25, 0.3) is 0 Å². The van der Waals surface area contributed by atoms with Crippen LogP contribution in [0.4, 0.5) is 4.39 Å². The second kappa shape index (κ2) is 7.24. The molecule has 1 aromatic heterocycles. The Morgan fingerprint density at radius 1 is 1.24 bits per heavy atom. The first kappa shape index (κ1) is 15.5. The molecule has 0 bridgehead atoms. The molecule has 2 N–H and O–H groups in total. The molecule has 0 amide bonds. The zero-order valence-corrected chi connectivity index (χ0v) is 12.2. The van der Waals surface area contributed by atoms with Crippen LogP contribution in [0, 0.1) is 12.7 Å². The summed E-state index contributed by atoms with van der Waals surface area (Å²) in [6.45, 7) is 4.37. The summed E-state index contributed by atoms with van der Waals surface area (Å²) in [5.41, 5.74) is 0. The second-order valence-corrected chi connectivity index (χ2v) is 5.00. The van der Waals surface area contributed by atoms with Gasteiger partial charge in [-0.2, -0.15) is 0 Å². The molecule has 0 radical (unpaired) electrons. The Balaban J connectivity index is 1.72. The fourth-order valence-corrected chi connectivity index (χ4v) is 1.88. The maximum absolute atomic E-state index is 12.7. The van der Waals surface area contributed by atoms with Gasteiger partial charge in [-0.15, -0.1) is 0 Å². The number of aryl methyl sites for hydroxylation is 1. The van der Waals surface area contributed by atoms with Crippen molar-refractivity contribution in [1.29, 1.82) is 0 Å². The van der Waals surface area contributed by atoms with E-state index in [4.69, 9.17) is 9.15 Å². The van der Waals surface area contributed by atoms with E-state index in [1.54, 1.807) is 0 Å². The summed E-state index contributed by atoms with van der Waals surface area (Å²) in [5, 5.41) is 13.0. The van der Waals surface area contributed by atoms with Crippen molar-refractivity contribution in [3.05, 3.63) is 53.7 Å². The van der Waals surface area contributed by atoms with E-state index in [-0.39, 0.29) is 18.5 Å². The van der Waals surface area contributed by atoms with Crippen LogP contribution >= 0.6 is 0 Å². The van der Waals surface area contributed by atoms with Crippen molar-refractivity contribution in [3.63, 3.8) is 0 Å². The fraction of sp³-hybridized carbons (Fsp3) is 0.375. The molecule has 5 heteroatoms. The van der Waals surface area contributed by atoms with E-state index in [0.29, 0.717) is 12.3 Å². The van der Waals surface area contributed by atoms with Crippen molar-refractivity contribution in [2.75, 3.05) is 13.2 Å². The maximum atomic E-state index is 12.7. The Kier molecular flexibility index (Phi) is 5.36. The lowest BCUT2D eigenvalue weighted by atomic mass is 10.2. The molecule has 114 valence electrons. The van der Waals surface area contributed by atoms with Gasteiger partial charge in [0.15, 0.2) is 0 Å². The minimum Gasteiger partial charge on any atom is -0.491 e. The van der Waals surface area contributed by atoms with Crippen molar-refractivity contribution in [3.8, 4) is 5.75 Å². The van der Waals surface area contributed by atoms with E-state index >= 15 is 0 Å². The van der Waals surface area contributed by atoms with E-state index < -0.39 is 6.10 Å². The average molecular weight is 293 g/mol. The van der Waals surface area contributed by atoms with E-state index in [1.807, 2.05) is 26.0 Å². The van der Waals surface area contributed by atoms with Crippen LogP contribution < -0.4 is 10.1 Å². The van der Waals surface area contributed by atoms with Crippen molar-refractivity contribution in [2.45, 2.75) is 26.0 Å². The highest BCUT2D eigenvalue weighted by molar-refractivity contribution is 5.22. The molecule has 2 aromatic rings. The average Bonchev–Trinajstić information content (AvgIpc) is 2.91. The second-order valence-electron chi connectivity index (χ2n) is 5.00. The van der Waals surface area contributed by atoms with E-state index in [1.165, 1.54) is 24.3 Å². The largest absolute Gasteiger partial charge is 0.491 e. The van der Waals surface area contributed by atoms with Crippen LogP contribution in [0.3, 0.4) is 0 Å². The van der Waals surface area contributed by atoms with Gasteiger partial charge in [-0.1, -0.05) is 0 Å². The molecule has 2 atom stereocenters. The Labute approximate surface area is 123 Å². The number of rotatable bonds is 7. The highest BCUT2D eigenvalue weighted by Gasteiger charge is 2.12. The summed E-state index contributed by atoms with van der Waals surface area (Å²) in [6.07, 6.45) is -0.659. The first-order valence-electron chi connectivity index (χ1n) is 6.91. The number of aliphatic hydroxyl groups is 1. The van der Waals surface area contributed by atoms with Gasteiger partial charge in [-0.3, -0.25) is 0 Å². The molecule has 0 spiro atoms. The van der Waals surface area contributed by atoms with Crippen molar-refractivity contribution >= 4 is 0 Å². The molecule has 0 aliphatic carbocycles. The molecule has 21 heavy (non-hydrogen) atoms. The Morgan fingerprint density at radius 2 is 1.95 bits per heavy atom. The lowest BCUT2D eigenvalue weighted by Gasteiger charge is -2.16. The van der Waals surface area contributed by atoms with Gasteiger partial charge in [0.1, 0.15) is 35.8 Å². The van der Waals surface area contributed by atoms with Gasteiger partial charge in [0, 0.05) is 6.54 Å². The predicted molar refractivity (Wildman–Crippen MR) is 77.8 cm³/mol. The highest BCUT2D eigenvalue weighted by Crippen LogP contribution is 2.15. The number of halogens is 1. The van der Waals surface area contributed by atoms with E-state index in [0.717, 1.165) is 11.5 Å². The highest BCUT2D eigenvalue weighted by atomic mass is 19.1. The zero-order chi connectivity index (χ0) is 15.2. The van der Waals surface area contributed by atoms with Gasteiger partial charge in [-0.05, 0) is 50.2 Å². The number of hydrogen-bond acceptors (Lipinski definition) is 4. The van der Waals surface area contributed by atoms with Gasteiger partial charge >= 0.3 is 0 Å². The Hall–Kier alpha value is -1.85. The summed E-state index contributed by atoms with van der Waals surface area (Å²) in [7, 11) is 0. The number of benzene rings is 1. The maximum Gasteiger partial charge on any atom is 0.123 e. The van der Waals surface area contributed by atoms with Crippen molar-refractivity contribution in [1.82, 2.24) is 5.32 Å². The summed E-state index contributed by atoms with van der Waals surface area (Å²) >= 11 is 0. The molecule has 2 unspecified atom stereocenters. The lowest BCUT2D eigenvalue weighted by Crippen LogP contribution is -2.32. The first-order chi connectivity index (χ1) is 10.0. The van der Waals surface area contributed by atoms with E-state index in [2.05, 4.69) is 5.32 Å². The smallest absolute Gasteiger partial charge is 0.123 e. The topological polar surface area (TPSA) is 54.6 Å². The molecule has 1 heterocycles. The molecule has 0 saturated carbocycles. The molecule has 0 aliphatic rings. The number of furan rings is 1. The number of nitrogens with one attached hydrogen (secondary N) is 1. The Morgan fingerprint density at radius 3 is 2.57 bits per heavy atom. The third kappa shape index (κ3) is 4.88. The SMILES string of the molecule is Cc1ccc(C(C)NCC(O)COc2ccc(F)cc2)o1. The Bertz CT molecular complexity index is 553. The molecule has 1 aromatic carbocycles. The predicted octanol–water partition coefficient (Wildman–Crippen LogP) is 2.82. The van der Waals surface area contributed by atoms with Crippen molar-refractivity contribution < 1.29 is 18.7 Å². The van der Waals surface area contributed by atoms with Gasteiger partial charge in [0.2, 0.25) is 0 Å². The number of ether oxygens (including phenoxy) is 1. The van der Waals surface area contributed by atoms with E-state index in [9.17, 15) is 9.50 Å². The van der Waals surface area contributed by atoms with Gasteiger partial charge < -0.3 is 19.6 Å². The minimum absolute atomic E-state index is 0.0131. The van der Waals surface area contributed by atoms with Crippen LogP contribution in [-0.2, 0) is 0 Å². The monoisotopic (exact) mass is 293 g/mol. The van der Waals surface area contributed by atoms with Gasteiger partial charge in [-0.25, -0.2) is 4.39 Å². The summed E-state index contributed by atoms with van der Waals surface area (Å²) < 4.78 is 23.6. The molecule has 4 nitrogen and oxygen atoms in total. The number of hydrogen-bond donors (Lipinski definition) is 2. The molecule has 2 rings (SSSR count). The van der Waals surface area contributed by atoms with Crippen LogP contribution in [0.15, 0.2) is 40.8 Å². The van der Waals surface area contributed by atoms with Crippen LogP contribution in [0.5, 0.6) is 5.75 Å². The number of aliphatic hydroxyl groups excluding tert-OH is 1. The van der Waals surface area contributed by atoms with Crippen LogP contribution in [0.25, 0.3) is 0 Å². The molecule has 0 fully saturated rings. The fourth-order valence-electron chi connectivity index (χ4n) is 1.88. The molecule has 0 saturated heterocycles. The van der Waals surface area contributed by atoms with Crippen LogP contribution in [-0.4, -0.2) is 24.4 Å². The summed E-state index contributed by atoms with van der Waals surface area (Å²) in [6, 6.07) is 9.53. The van der Waals surface area contributed by atoms with Crippen LogP contribution in [0.1, 0.15) is 24.5 Å². The quantitative estimate of drug-likeness (QED) is 0.824. The molecular formula is C16H20FNO3.